The second-order valence-electron chi connectivity index (χ2n) is 2.65. The smallest absolute Gasteiger partial charge is 0.277 e. The Hall–Kier alpha value is -0.940. The van der Waals surface area contributed by atoms with E-state index in [-0.39, 0.29) is 12.3 Å². The predicted octanol–water partition coefficient (Wildman–Crippen LogP) is 2.16. The minimum Gasteiger partial charge on any atom is -0.391 e. The molecular weight excluding hydrogens is 238 g/mol. The summed E-state index contributed by atoms with van der Waals surface area (Å²) in [7, 11) is 0. The summed E-state index contributed by atoms with van der Waals surface area (Å²) in [6.07, 6.45) is 0. The van der Waals surface area contributed by atoms with Gasteiger partial charge in [-0.15, -0.1) is 0 Å². The molecule has 1 aromatic rings. The Morgan fingerprint density at radius 2 is 2.23 bits per heavy atom. The van der Waals surface area contributed by atoms with Crippen LogP contribution in [0.5, 0.6) is 0 Å². The van der Waals surface area contributed by atoms with E-state index in [1.807, 2.05) is 0 Å². The third-order valence-electron chi connectivity index (χ3n) is 1.70. The van der Waals surface area contributed by atoms with Crippen LogP contribution in [0, 0.1) is 17.0 Å². The van der Waals surface area contributed by atoms with Crippen molar-refractivity contribution >= 4 is 21.6 Å². The summed E-state index contributed by atoms with van der Waals surface area (Å²) in [5, 5.41) is 19.5. The normalized spacial score (nSPS) is 10.1. The van der Waals surface area contributed by atoms with Crippen molar-refractivity contribution in [2.24, 2.45) is 0 Å². The van der Waals surface area contributed by atoms with Crippen LogP contribution in [-0.2, 0) is 6.61 Å². The van der Waals surface area contributed by atoms with E-state index in [4.69, 9.17) is 5.11 Å². The van der Waals surface area contributed by atoms with Crippen molar-refractivity contribution in [2.75, 3.05) is 0 Å². The van der Waals surface area contributed by atoms with Gasteiger partial charge in [-0.1, -0.05) is 15.9 Å². The predicted molar refractivity (Wildman–Crippen MR) is 51.5 cm³/mol. The van der Waals surface area contributed by atoms with Crippen molar-refractivity contribution in [3.8, 4) is 0 Å². The maximum atomic E-state index is 10.6. The largest absolute Gasteiger partial charge is 0.391 e. The molecule has 4 nitrogen and oxygen atoms in total. The average Bonchev–Trinajstić information content (AvgIpc) is 2.01. The molecule has 13 heavy (non-hydrogen) atoms. The molecule has 0 aromatic heterocycles. The van der Waals surface area contributed by atoms with Crippen LogP contribution in [0.3, 0.4) is 0 Å². The number of rotatable bonds is 2. The molecule has 1 aromatic carbocycles. The Labute approximate surface area is 83.5 Å². The lowest BCUT2D eigenvalue weighted by Crippen LogP contribution is -1.98. The first kappa shape index (κ1) is 10.1. The summed E-state index contributed by atoms with van der Waals surface area (Å²) in [6, 6.07) is 3.20. The second-order valence-corrected chi connectivity index (χ2v) is 3.56. The van der Waals surface area contributed by atoms with Crippen molar-refractivity contribution in [3.63, 3.8) is 0 Å². The lowest BCUT2D eigenvalue weighted by atomic mass is 10.1. The number of hydrogen-bond acceptors (Lipinski definition) is 3. The number of hydrogen-bond donors (Lipinski definition) is 1. The zero-order valence-corrected chi connectivity index (χ0v) is 8.54. The highest BCUT2D eigenvalue weighted by atomic mass is 79.9. The summed E-state index contributed by atoms with van der Waals surface area (Å²) in [5.74, 6) is 0. The lowest BCUT2D eigenvalue weighted by Gasteiger charge is -2.03. The number of nitro benzene ring substituents is 1. The highest BCUT2D eigenvalue weighted by molar-refractivity contribution is 9.10. The number of nitro groups is 1. The molecule has 1 N–H and O–H groups in total. The molecule has 0 aliphatic heterocycles. The monoisotopic (exact) mass is 245 g/mol. The molecule has 0 amide bonds. The maximum absolute atomic E-state index is 10.6. The number of halogens is 1. The summed E-state index contributed by atoms with van der Waals surface area (Å²) < 4.78 is 0.736. The summed E-state index contributed by atoms with van der Waals surface area (Å²) in [4.78, 5) is 10.1. The van der Waals surface area contributed by atoms with Crippen molar-refractivity contribution in [1.29, 1.82) is 0 Å². The summed E-state index contributed by atoms with van der Waals surface area (Å²) in [6.45, 7) is 1.32. The third kappa shape index (κ3) is 2.05. The van der Waals surface area contributed by atoms with E-state index >= 15 is 0 Å². The molecule has 0 bridgehead atoms. The van der Waals surface area contributed by atoms with Crippen LogP contribution < -0.4 is 0 Å². The summed E-state index contributed by atoms with van der Waals surface area (Å²) >= 11 is 3.20. The Morgan fingerprint density at radius 3 is 2.69 bits per heavy atom. The molecule has 1 rings (SSSR count). The van der Waals surface area contributed by atoms with E-state index < -0.39 is 4.92 Å². The number of aliphatic hydroxyl groups excluding tert-OH is 1. The molecule has 5 heteroatoms. The van der Waals surface area contributed by atoms with E-state index in [0.717, 1.165) is 4.47 Å². The van der Waals surface area contributed by atoms with Gasteiger partial charge in [0, 0.05) is 10.0 Å². The Kier molecular flexibility index (Phi) is 3.00. The molecule has 0 unspecified atom stereocenters. The second kappa shape index (κ2) is 3.85. The topological polar surface area (TPSA) is 63.4 Å². The molecule has 0 heterocycles. The first-order chi connectivity index (χ1) is 6.06. The number of benzene rings is 1. The highest BCUT2D eigenvalue weighted by Gasteiger charge is 2.16. The number of aliphatic hydroxyl groups is 1. The van der Waals surface area contributed by atoms with Crippen molar-refractivity contribution in [1.82, 2.24) is 0 Å². The van der Waals surface area contributed by atoms with Gasteiger partial charge in [0.2, 0.25) is 0 Å². The van der Waals surface area contributed by atoms with E-state index in [1.54, 1.807) is 19.1 Å². The van der Waals surface area contributed by atoms with Crippen molar-refractivity contribution < 1.29 is 10.0 Å². The van der Waals surface area contributed by atoms with Gasteiger partial charge in [0.1, 0.15) is 0 Å². The molecule has 0 aliphatic carbocycles. The maximum Gasteiger partial charge on any atom is 0.277 e. The molecule has 0 fully saturated rings. The van der Waals surface area contributed by atoms with Gasteiger partial charge in [-0.25, -0.2) is 0 Å². The standard InChI is InChI=1S/C8H8BrNO3/c1-5-2-7(9)3-6(4-11)8(5)10(12)13/h2-3,11H,4H2,1H3. The number of aryl methyl sites for hydroxylation is 1. The van der Waals surface area contributed by atoms with Gasteiger partial charge in [-0.3, -0.25) is 10.1 Å². The van der Waals surface area contributed by atoms with E-state index in [0.29, 0.717) is 11.1 Å². The van der Waals surface area contributed by atoms with Gasteiger partial charge < -0.3 is 5.11 Å². The van der Waals surface area contributed by atoms with Crippen molar-refractivity contribution in [2.45, 2.75) is 13.5 Å². The molecule has 0 saturated carbocycles. The molecule has 70 valence electrons. The van der Waals surface area contributed by atoms with Gasteiger partial charge in [0.05, 0.1) is 17.1 Å². The Bertz CT molecular complexity index is 351. The van der Waals surface area contributed by atoms with Crippen LogP contribution >= 0.6 is 15.9 Å². The van der Waals surface area contributed by atoms with Gasteiger partial charge in [-0.05, 0) is 19.1 Å². The quantitative estimate of drug-likeness (QED) is 0.642. The first-order valence-corrected chi connectivity index (χ1v) is 4.40. The zero-order valence-electron chi connectivity index (χ0n) is 6.95. The first-order valence-electron chi connectivity index (χ1n) is 3.60. The summed E-state index contributed by atoms with van der Waals surface area (Å²) in [5.41, 5.74) is 0.867. The van der Waals surface area contributed by atoms with E-state index in [9.17, 15) is 10.1 Å². The zero-order chi connectivity index (χ0) is 10.0. The molecule has 0 radical (unpaired) electrons. The fourth-order valence-corrected chi connectivity index (χ4v) is 1.81. The molecule has 0 aliphatic rings. The van der Waals surface area contributed by atoms with Crippen LogP contribution in [0.15, 0.2) is 16.6 Å². The van der Waals surface area contributed by atoms with E-state index in [2.05, 4.69) is 15.9 Å². The SMILES string of the molecule is Cc1cc(Br)cc(CO)c1[N+](=O)[O-]. The van der Waals surface area contributed by atoms with Crippen LogP contribution in [0.2, 0.25) is 0 Å². The molecule has 0 saturated heterocycles. The van der Waals surface area contributed by atoms with Crippen LogP contribution in [-0.4, -0.2) is 10.0 Å². The van der Waals surface area contributed by atoms with Gasteiger partial charge in [-0.2, -0.15) is 0 Å². The fraction of sp³-hybridized carbons (Fsp3) is 0.250. The highest BCUT2D eigenvalue weighted by Crippen LogP contribution is 2.27. The Morgan fingerprint density at radius 1 is 1.62 bits per heavy atom. The minimum absolute atomic E-state index is 0.00861. The van der Waals surface area contributed by atoms with Crippen LogP contribution in [0.25, 0.3) is 0 Å². The van der Waals surface area contributed by atoms with E-state index in [1.165, 1.54) is 0 Å². The third-order valence-corrected chi connectivity index (χ3v) is 2.15. The van der Waals surface area contributed by atoms with Crippen LogP contribution in [0.1, 0.15) is 11.1 Å². The van der Waals surface area contributed by atoms with Gasteiger partial charge >= 0.3 is 0 Å². The van der Waals surface area contributed by atoms with Crippen molar-refractivity contribution in [3.05, 3.63) is 37.8 Å². The Balaban J connectivity index is 3.38. The molecular formula is C8H8BrNO3. The lowest BCUT2D eigenvalue weighted by molar-refractivity contribution is -0.386. The van der Waals surface area contributed by atoms with Crippen LogP contribution in [0.4, 0.5) is 5.69 Å². The number of nitrogens with zero attached hydrogens (tertiary/aromatic N) is 1. The average molecular weight is 246 g/mol. The fourth-order valence-electron chi connectivity index (χ4n) is 1.19. The molecule has 0 spiro atoms. The van der Waals surface area contributed by atoms with Gasteiger partial charge in [0.25, 0.3) is 5.69 Å². The minimum atomic E-state index is -0.479. The molecule has 0 atom stereocenters. The van der Waals surface area contributed by atoms with Gasteiger partial charge in [0.15, 0.2) is 0 Å².